The van der Waals surface area contributed by atoms with E-state index in [0.717, 1.165) is 9.84 Å². The zero-order chi connectivity index (χ0) is 24.4. The normalized spacial score (nSPS) is 14.2. The number of nitrogens with one attached hydrogen (secondary N) is 1. The van der Waals surface area contributed by atoms with Gasteiger partial charge in [-0.25, -0.2) is 14.2 Å². The number of halogens is 1. The minimum absolute atomic E-state index is 0.210. The highest BCUT2D eigenvalue weighted by molar-refractivity contribution is 7.17. The standard InChI is InChI=1S/C24H30FN5O3S/c1-15(2)14-33-24(32)29-9-7-28(8-10-29)20-6-5-18(11-19(20)25)12-26-22(31)21-17(4)27-23-30(21)13-16(3)34-23/h5-6,11,13,15H,7-10,12,14H2,1-4H3,(H,26,31). The molecule has 8 nitrogen and oxygen atoms in total. The Morgan fingerprint density at radius 3 is 2.62 bits per heavy atom. The van der Waals surface area contributed by atoms with Gasteiger partial charge in [-0.05, 0) is 37.5 Å². The molecular formula is C24H30FN5O3S. The number of benzene rings is 1. The van der Waals surface area contributed by atoms with E-state index in [1.165, 1.54) is 17.4 Å². The summed E-state index contributed by atoms with van der Waals surface area (Å²) in [6, 6.07) is 5.00. The van der Waals surface area contributed by atoms with Crippen molar-refractivity contribution in [2.45, 2.75) is 34.2 Å². The molecule has 2 amide bonds. The van der Waals surface area contributed by atoms with Gasteiger partial charge in [0.05, 0.1) is 18.0 Å². The number of carbonyl (C=O) groups excluding carboxylic acids is 2. The Labute approximate surface area is 202 Å². The van der Waals surface area contributed by atoms with Gasteiger partial charge in [-0.15, -0.1) is 11.3 Å². The fourth-order valence-electron chi connectivity index (χ4n) is 3.98. The molecule has 0 saturated carbocycles. The maximum absolute atomic E-state index is 14.9. The van der Waals surface area contributed by atoms with E-state index in [2.05, 4.69) is 10.3 Å². The zero-order valence-corrected chi connectivity index (χ0v) is 20.7. The lowest BCUT2D eigenvalue weighted by Gasteiger charge is -2.35. The molecule has 4 rings (SSSR count). The summed E-state index contributed by atoms with van der Waals surface area (Å²) < 4.78 is 22.0. The van der Waals surface area contributed by atoms with Crippen LogP contribution in [-0.2, 0) is 11.3 Å². The fourth-order valence-corrected chi connectivity index (χ4v) is 4.85. The predicted octanol–water partition coefficient (Wildman–Crippen LogP) is 4.00. The summed E-state index contributed by atoms with van der Waals surface area (Å²) in [5, 5.41) is 2.87. The van der Waals surface area contributed by atoms with Gasteiger partial charge in [0.15, 0.2) is 4.96 Å². The van der Waals surface area contributed by atoms with E-state index in [1.807, 2.05) is 44.9 Å². The van der Waals surface area contributed by atoms with E-state index < -0.39 is 0 Å². The molecule has 1 N–H and O–H groups in total. The average Bonchev–Trinajstić information content (AvgIpc) is 3.29. The van der Waals surface area contributed by atoms with Gasteiger partial charge in [0.25, 0.3) is 5.91 Å². The molecule has 0 radical (unpaired) electrons. The lowest BCUT2D eigenvalue weighted by atomic mass is 10.1. The van der Waals surface area contributed by atoms with Crippen LogP contribution in [0.1, 0.15) is 40.5 Å². The number of ether oxygens (including phenoxy) is 1. The summed E-state index contributed by atoms with van der Waals surface area (Å²) in [7, 11) is 0. The summed E-state index contributed by atoms with van der Waals surface area (Å²) in [6.07, 6.45) is 1.58. The van der Waals surface area contributed by atoms with E-state index in [4.69, 9.17) is 4.74 Å². The molecule has 182 valence electrons. The van der Waals surface area contributed by atoms with Crippen LogP contribution < -0.4 is 10.2 Å². The molecule has 0 unspecified atom stereocenters. The molecule has 2 aromatic heterocycles. The molecule has 3 aromatic rings. The molecule has 0 bridgehead atoms. The molecule has 0 atom stereocenters. The molecule has 0 spiro atoms. The van der Waals surface area contributed by atoms with Crippen LogP contribution in [0.2, 0.25) is 0 Å². The van der Waals surface area contributed by atoms with Crippen LogP contribution in [0, 0.1) is 25.6 Å². The first kappa shape index (κ1) is 24.0. The first-order chi connectivity index (χ1) is 16.2. The molecular weight excluding hydrogens is 457 g/mol. The number of thiazole rings is 1. The number of piperazine rings is 1. The topological polar surface area (TPSA) is 79.2 Å². The molecule has 1 saturated heterocycles. The molecule has 0 aliphatic carbocycles. The van der Waals surface area contributed by atoms with Gasteiger partial charge in [0.2, 0.25) is 0 Å². The van der Waals surface area contributed by atoms with Gasteiger partial charge >= 0.3 is 6.09 Å². The molecule has 1 aliphatic rings. The predicted molar refractivity (Wildman–Crippen MR) is 130 cm³/mol. The third kappa shape index (κ3) is 5.16. The van der Waals surface area contributed by atoms with Gasteiger partial charge in [-0.1, -0.05) is 19.9 Å². The Bertz CT molecular complexity index is 1200. The van der Waals surface area contributed by atoms with Crippen molar-refractivity contribution in [3.8, 4) is 0 Å². The maximum atomic E-state index is 14.9. The SMILES string of the molecule is Cc1cn2c(C(=O)NCc3ccc(N4CCN(C(=O)OCC(C)C)CC4)c(F)c3)c(C)nc2s1. The van der Waals surface area contributed by atoms with Crippen LogP contribution in [0.5, 0.6) is 0 Å². The number of hydrogen-bond donors (Lipinski definition) is 1. The number of fused-ring (bicyclic) bond motifs is 1. The Balaban J connectivity index is 1.34. The van der Waals surface area contributed by atoms with E-state index in [0.29, 0.717) is 55.4 Å². The summed E-state index contributed by atoms with van der Waals surface area (Å²) in [6.45, 7) is 10.4. The zero-order valence-electron chi connectivity index (χ0n) is 19.9. The summed E-state index contributed by atoms with van der Waals surface area (Å²) in [4.78, 5) is 34.8. The largest absolute Gasteiger partial charge is 0.449 e. The molecule has 1 aliphatic heterocycles. The third-order valence-corrected chi connectivity index (χ3v) is 6.61. The van der Waals surface area contributed by atoms with Crippen molar-refractivity contribution in [2.24, 2.45) is 5.92 Å². The maximum Gasteiger partial charge on any atom is 0.409 e. The van der Waals surface area contributed by atoms with Crippen molar-refractivity contribution in [2.75, 3.05) is 37.7 Å². The molecule has 10 heteroatoms. The van der Waals surface area contributed by atoms with Crippen molar-refractivity contribution < 1.29 is 18.7 Å². The van der Waals surface area contributed by atoms with Crippen LogP contribution in [0.15, 0.2) is 24.4 Å². The fraction of sp³-hybridized carbons (Fsp3) is 0.458. The third-order valence-electron chi connectivity index (χ3n) is 5.72. The molecule has 3 heterocycles. The lowest BCUT2D eigenvalue weighted by molar-refractivity contribution is 0.0900. The minimum Gasteiger partial charge on any atom is -0.449 e. The minimum atomic E-state index is -0.348. The van der Waals surface area contributed by atoms with Gasteiger partial charge in [-0.2, -0.15) is 0 Å². The number of amides is 2. The first-order valence-corrected chi connectivity index (χ1v) is 12.2. The van der Waals surface area contributed by atoms with Gasteiger partial charge in [-0.3, -0.25) is 9.20 Å². The highest BCUT2D eigenvalue weighted by Gasteiger charge is 2.24. The van der Waals surface area contributed by atoms with E-state index >= 15 is 0 Å². The lowest BCUT2D eigenvalue weighted by Crippen LogP contribution is -2.49. The van der Waals surface area contributed by atoms with Crippen molar-refractivity contribution in [1.29, 1.82) is 0 Å². The Morgan fingerprint density at radius 1 is 1.21 bits per heavy atom. The second kappa shape index (κ2) is 10.0. The quantitative estimate of drug-likeness (QED) is 0.569. The van der Waals surface area contributed by atoms with Crippen molar-refractivity contribution in [3.05, 3.63) is 52.0 Å². The summed E-state index contributed by atoms with van der Waals surface area (Å²) in [5.74, 6) is -0.306. The number of carbonyl (C=O) groups is 2. The number of aromatic nitrogens is 2. The second-order valence-corrected chi connectivity index (χ2v) is 10.2. The Kier molecular flexibility index (Phi) is 7.06. The highest BCUT2D eigenvalue weighted by atomic mass is 32.1. The van der Waals surface area contributed by atoms with E-state index in [1.54, 1.807) is 15.4 Å². The van der Waals surface area contributed by atoms with E-state index in [9.17, 15) is 14.0 Å². The van der Waals surface area contributed by atoms with Crippen molar-refractivity contribution in [1.82, 2.24) is 19.6 Å². The summed E-state index contributed by atoms with van der Waals surface area (Å²) in [5.41, 5.74) is 2.33. The van der Waals surface area contributed by atoms with Gasteiger partial charge in [0, 0.05) is 43.8 Å². The number of rotatable bonds is 6. The van der Waals surface area contributed by atoms with Crippen LogP contribution in [0.4, 0.5) is 14.9 Å². The first-order valence-electron chi connectivity index (χ1n) is 11.4. The van der Waals surface area contributed by atoms with Crippen LogP contribution in [0.3, 0.4) is 0 Å². The van der Waals surface area contributed by atoms with Gasteiger partial charge < -0.3 is 19.9 Å². The Hall–Kier alpha value is -3.14. The number of aryl methyl sites for hydroxylation is 2. The molecule has 34 heavy (non-hydrogen) atoms. The van der Waals surface area contributed by atoms with Crippen molar-refractivity contribution >= 4 is 34.0 Å². The van der Waals surface area contributed by atoms with Crippen LogP contribution in [0.25, 0.3) is 4.96 Å². The highest BCUT2D eigenvalue weighted by Crippen LogP contribution is 2.23. The van der Waals surface area contributed by atoms with Gasteiger partial charge in [0.1, 0.15) is 11.5 Å². The van der Waals surface area contributed by atoms with Crippen LogP contribution in [-0.4, -0.2) is 59.1 Å². The van der Waals surface area contributed by atoms with E-state index in [-0.39, 0.29) is 30.3 Å². The van der Waals surface area contributed by atoms with Crippen molar-refractivity contribution in [3.63, 3.8) is 0 Å². The Morgan fingerprint density at radius 2 is 1.94 bits per heavy atom. The van der Waals surface area contributed by atoms with Crippen LogP contribution >= 0.6 is 11.3 Å². The summed E-state index contributed by atoms with van der Waals surface area (Å²) >= 11 is 1.53. The second-order valence-electron chi connectivity index (χ2n) is 8.95. The number of imidazole rings is 1. The molecule has 1 aromatic carbocycles. The monoisotopic (exact) mass is 487 g/mol. The average molecular weight is 488 g/mol. The number of anilines is 1. The number of nitrogens with zero attached hydrogens (tertiary/aromatic N) is 4. The number of hydrogen-bond acceptors (Lipinski definition) is 6. The molecule has 1 fully saturated rings. The smallest absolute Gasteiger partial charge is 0.409 e.